The third-order valence-electron chi connectivity index (χ3n) is 3.77. The average molecular weight is 277 g/mol. The Hall–Kier alpha value is -2.24. The van der Waals surface area contributed by atoms with Gasteiger partial charge in [0.25, 0.3) is 5.69 Å². The highest BCUT2D eigenvalue weighted by Gasteiger charge is 2.32. The molecule has 2 atom stereocenters. The topological polar surface area (TPSA) is 97.5 Å². The van der Waals surface area contributed by atoms with Gasteiger partial charge in [-0.2, -0.15) is 0 Å². The van der Waals surface area contributed by atoms with Gasteiger partial charge >= 0.3 is 5.97 Å². The smallest absolute Gasteiger partial charge is 0.306 e. The first-order valence-electron chi connectivity index (χ1n) is 6.48. The minimum atomic E-state index is -0.828. The maximum absolute atomic E-state index is 12.2. The highest BCUT2D eigenvalue weighted by atomic mass is 16.6. The van der Waals surface area contributed by atoms with Gasteiger partial charge in [-0.3, -0.25) is 19.7 Å². The Balaban J connectivity index is 2.06. The van der Waals surface area contributed by atoms with Crippen LogP contribution >= 0.6 is 0 Å². The Morgan fingerprint density at radius 1 is 1.30 bits per heavy atom. The summed E-state index contributed by atoms with van der Waals surface area (Å²) in [4.78, 5) is 33.3. The van der Waals surface area contributed by atoms with Crippen LogP contribution in [0.25, 0.3) is 0 Å². The van der Waals surface area contributed by atoms with E-state index in [2.05, 4.69) is 0 Å². The van der Waals surface area contributed by atoms with Crippen LogP contribution in [0.2, 0.25) is 0 Å². The van der Waals surface area contributed by atoms with Crippen LogP contribution in [0.15, 0.2) is 24.3 Å². The molecule has 0 unspecified atom stereocenters. The summed E-state index contributed by atoms with van der Waals surface area (Å²) in [7, 11) is 0. The lowest BCUT2D eigenvalue weighted by atomic mass is 9.95. The number of aliphatic carboxylic acids is 1. The molecule has 2 rings (SSSR count). The number of para-hydroxylation sites is 1. The zero-order valence-corrected chi connectivity index (χ0v) is 10.8. The molecule has 0 bridgehead atoms. The maximum atomic E-state index is 12.2. The van der Waals surface area contributed by atoms with E-state index >= 15 is 0 Å². The van der Waals surface area contributed by atoms with Crippen LogP contribution in [0, 0.1) is 22.0 Å². The molecule has 1 saturated carbocycles. The summed E-state index contributed by atoms with van der Waals surface area (Å²) >= 11 is 0. The van der Waals surface area contributed by atoms with Gasteiger partial charge < -0.3 is 5.11 Å². The summed E-state index contributed by atoms with van der Waals surface area (Å²) in [6.07, 6.45) is 1.91. The Bertz CT molecular complexity index is 554. The molecule has 0 amide bonds. The van der Waals surface area contributed by atoms with E-state index in [-0.39, 0.29) is 29.4 Å². The van der Waals surface area contributed by atoms with Gasteiger partial charge in [-0.05, 0) is 31.2 Å². The number of nitro groups is 1. The quantitative estimate of drug-likeness (QED) is 0.507. The van der Waals surface area contributed by atoms with Crippen molar-refractivity contribution in [2.45, 2.75) is 25.7 Å². The summed E-state index contributed by atoms with van der Waals surface area (Å²) in [6, 6.07) is 5.87. The molecule has 0 radical (unpaired) electrons. The molecule has 1 N–H and O–H groups in total. The number of carboxylic acid groups (broad SMARTS) is 1. The molecule has 1 fully saturated rings. The van der Waals surface area contributed by atoms with Crippen LogP contribution < -0.4 is 0 Å². The van der Waals surface area contributed by atoms with Gasteiger partial charge in [0.1, 0.15) is 0 Å². The number of nitrogens with zero attached hydrogens (tertiary/aromatic N) is 1. The molecule has 0 saturated heterocycles. The normalized spacial score (nSPS) is 21.6. The van der Waals surface area contributed by atoms with Crippen LogP contribution in [0.5, 0.6) is 0 Å². The predicted molar refractivity (Wildman–Crippen MR) is 70.5 cm³/mol. The van der Waals surface area contributed by atoms with Crippen molar-refractivity contribution in [3.63, 3.8) is 0 Å². The number of ketones is 1. The number of hydrogen-bond donors (Lipinski definition) is 1. The number of rotatable bonds is 5. The van der Waals surface area contributed by atoms with Crippen molar-refractivity contribution in [3.05, 3.63) is 39.9 Å². The van der Waals surface area contributed by atoms with Gasteiger partial charge in [-0.15, -0.1) is 0 Å². The second kappa shape index (κ2) is 5.81. The molecule has 0 aliphatic heterocycles. The van der Waals surface area contributed by atoms with Gasteiger partial charge in [0, 0.05) is 12.5 Å². The molecule has 6 nitrogen and oxygen atoms in total. The lowest BCUT2D eigenvalue weighted by molar-refractivity contribution is -0.385. The molecule has 0 aromatic heterocycles. The van der Waals surface area contributed by atoms with E-state index in [1.165, 1.54) is 18.2 Å². The number of carbonyl (C=O) groups excluding carboxylic acids is 1. The predicted octanol–water partition coefficient (Wildman–Crippen LogP) is 2.67. The van der Waals surface area contributed by atoms with E-state index in [9.17, 15) is 19.7 Å². The zero-order chi connectivity index (χ0) is 14.7. The molecule has 6 heteroatoms. The molecule has 1 aliphatic rings. The Kier molecular flexibility index (Phi) is 4.12. The van der Waals surface area contributed by atoms with E-state index in [1.807, 2.05) is 0 Å². The van der Waals surface area contributed by atoms with Gasteiger partial charge in [-0.1, -0.05) is 12.1 Å². The number of hydrogen-bond acceptors (Lipinski definition) is 4. The third kappa shape index (κ3) is 3.01. The summed E-state index contributed by atoms with van der Waals surface area (Å²) in [6.45, 7) is 0. The highest BCUT2D eigenvalue weighted by molar-refractivity contribution is 5.99. The van der Waals surface area contributed by atoms with Crippen LogP contribution in [0.3, 0.4) is 0 Å². The minimum absolute atomic E-state index is 0.00316. The largest absolute Gasteiger partial charge is 0.481 e. The lowest BCUT2D eigenvalue weighted by Gasteiger charge is -2.08. The van der Waals surface area contributed by atoms with Crippen LogP contribution in [0.1, 0.15) is 36.0 Å². The lowest BCUT2D eigenvalue weighted by Crippen LogP contribution is -2.12. The van der Waals surface area contributed by atoms with Gasteiger partial charge in [-0.25, -0.2) is 0 Å². The summed E-state index contributed by atoms with van der Waals surface area (Å²) in [5.74, 6) is -1.50. The maximum Gasteiger partial charge on any atom is 0.306 e. The molecule has 106 valence electrons. The molecule has 1 aliphatic carbocycles. The van der Waals surface area contributed by atoms with Gasteiger partial charge in [0.05, 0.1) is 16.4 Å². The highest BCUT2D eigenvalue weighted by Crippen LogP contribution is 2.34. The summed E-state index contributed by atoms with van der Waals surface area (Å²) < 4.78 is 0. The first-order valence-corrected chi connectivity index (χ1v) is 6.48. The zero-order valence-electron chi connectivity index (χ0n) is 10.8. The molecule has 20 heavy (non-hydrogen) atoms. The van der Waals surface area contributed by atoms with E-state index in [0.717, 1.165) is 0 Å². The molecule has 0 heterocycles. The Morgan fingerprint density at radius 3 is 2.60 bits per heavy atom. The molecular formula is C14H15NO5. The fourth-order valence-corrected chi connectivity index (χ4v) is 2.73. The number of benzene rings is 1. The summed E-state index contributed by atoms with van der Waals surface area (Å²) in [5, 5.41) is 19.8. The van der Waals surface area contributed by atoms with Gasteiger partial charge in [0.2, 0.25) is 0 Å². The first kappa shape index (κ1) is 14.2. The second-order valence-corrected chi connectivity index (χ2v) is 5.12. The van der Waals surface area contributed by atoms with Crippen LogP contribution in [0.4, 0.5) is 5.69 Å². The van der Waals surface area contributed by atoms with Crippen LogP contribution in [-0.2, 0) is 4.79 Å². The number of carbonyl (C=O) groups is 2. The minimum Gasteiger partial charge on any atom is -0.481 e. The average Bonchev–Trinajstić information content (AvgIpc) is 2.87. The van der Waals surface area contributed by atoms with E-state index in [1.54, 1.807) is 6.07 Å². The van der Waals surface area contributed by atoms with E-state index in [0.29, 0.717) is 19.3 Å². The van der Waals surface area contributed by atoms with Crippen molar-refractivity contribution in [3.8, 4) is 0 Å². The van der Waals surface area contributed by atoms with Crippen LogP contribution in [-0.4, -0.2) is 21.8 Å². The fourth-order valence-electron chi connectivity index (χ4n) is 2.73. The number of carboxylic acids is 1. The monoisotopic (exact) mass is 277 g/mol. The van der Waals surface area contributed by atoms with E-state index < -0.39 is 16.8 Å². The van der Waals surface area contributed by atoms with Crippen molar-refractivity contribution in [1.82, 2.24) is 0 Å². The molecule has 1 aromatic rings. The van der Waals surface area contributed by atoms with Crippen molar-refractivity contribution in [1.29, 1.82) is 0 Å². The van der Waals surface area contributed by atoms with Gasteiger partial charge in [0.15, 0.2) is 5.78 Å². The SMILES string of the molecule is O=C(C[C@@H]1CC[C@H](C(=O)O)C1)c1ccccc1[N+](=O)[O-]. The first-order chi connectivity index (χ1) is 9.49. The van der Waals surface area contributed by atoms with Crippen molar-refractivity contribution in [2.75, 3.05) is 0 Å². The molecule has 1 aromatic carbocycles. The third-order valence-corrected chi connectivity index (χ3v) is 3.77. The van der Waals surface area contributed by atoms with Crippen molar-refractivity contribution >= 4 is 17.4 Å². The fraction of sp³-hybridized carbons (Fsp3) is 0.429. The Morgan fingerprint density at radius 2 is 2.00 bits per heavy atom. The molecular weight excluding hydrogens is 262 g/mol. The summed E-state index contributed by atoms with van der Waals surface area (Å²) in [5.41, 5.74) is -0.0819. The number of Topliss-reactive ketones (excluding diaryl/α,β-unsaturated/α-hetero) is 1. The Labute approximate surface area is 115 Å². The number of nitro benzene ring substituents is 1. The molecule has 0 spiro atoms. The second-order valence-electron chi connectivity index (χ2n) is 5.12. The van der Waals surface area contributed by atoms with Crippen molar-refractivity contribution in [2.24, 2.45) is 11.8 Å². The standard InChI is InChI=1S/C14H15NO5/c16-13(8-9-5-6-10(7-9)14(17)18)11-3-1-2-4-12(11)15(19)20/h1-4,9-10H,5-8H2,(H,17,18)/t9-,10+/m1/s1. The van der Waals surface area contributed by atoms with E-state index in [4.69, 9.17) is 5.11 Å². The van der Waals surface area contributed by atoms with Crippen molar-refractivity contribution < 1.29 is 19.6 Å².